The molecular weight excluding hydrogens is 140 g/mol. The lowest BCUT2D eigenvalue weighted by molar-refractivity contribution is 0.141. The van der Waals surface area contributed by atoms with Crippen molar-refractivity contribution in [3.63, 3.8) is 0 Å². The average molecular weight is 156 g/mol. The number of nitrogens with zero attached hydrogens (tertiary/aromatic N) is 2. The topological polar surface area (TPSA) is 26.7 Å². The third-order valence-electron chi connectivity index (χ3n) is 2.91. The molecule has 0 amide bonds. The van der Waals surface area contributed by atoms with E-state index >= 15 is 0 Å². The van der Waals surface area contributed by atoms with Crippen LogP contribution in [0.5, 0.6) is 0 Å². The third kappa shape index (κ3) is 1.17. The zero-order chi connectivity index (χ0) is 7.84. The molecule has 64 valence electrons. The number of hydrogen-bond donors (Lipinski definition) is 1. The maximum absolute atomic E-state index is 9.04. The summed E-state index contributed by atoms with van der Waals surface area (Å²) in [6.07, 6.45) is 2.46. The first-order valence-corrected chi connectivity index (χ1v) is 4.36. The highest BCUT2D eigenvalue weighted by Gasteiger charge is 2.38. The maximum Gasteiger partial charge on any atom is 0.0587 e. The zero-order valence-corrected chi connectivity index (χ0v) is 7.03. The Morgan fingerprint density at radius 2 is 2.27 bits per heavy atom. The lowest BCUT2D eigenvalue weighted by Gasteiger charge is -2.21. The highest BCUT2D eigenvalue weighted by Crippen LogP contribution is 2.28. The quantitative estimate of drug-likeness (QED) is 0.565. The molecule has 0 aromatic carbocycles. The van der Waals surface area contributed by atoms with Crippen LogP contribution in [-0.4, -0.2) is 53.9 Å². The van der Waals surface area contributed by atoms with E-state index in [0.29, 0.717) is 12.6 Å². The van der Waals surface area contributed by atoms with Gasteiger partial charge in [-0.25, -0.2) is 0 Å². The van der Waals surface area contributed by atoms with E-state index in [1.165, 1.54) is 19.4 Å². The van der Waals surface area contributed by atoms with Gasteiger partial charge in [0.25, 0.3) is 0 Å². The summed E-state index contributed by atoms with van der Waals surface area (Å²) in [7, 11) is 2.15. The Kier molecular flexibility index (Phi) is 1.87. The fraction of sp³-hybridized carbons (Fsp3) is 1.00. The van der Waals surface area contributed by atoms with E-state index in [0.717, 1.165) is 12.7 Å². The fourth-order valence-electron chi connectivity index (χ4n) is 2.33. The first kappa shape index (κ1) is 7.53. The number of aliphatic hydroxyl groups excluding tert-OH is 1. The van der Waals surface area contributed by atoms with Crippen LogP contribution in [0.1, 0.15) is 12.8 Å². The van der Waals surface area contributed by atoms with Crippen molar-refractivity contribution in [3.8, 4) is 0 Å². The lowest BCUT2D eigenvalue weighted by Crippen LogP contribution is -2.35. The molecule has 1 N–H and O–H groups in total. The molecule has 2 heterocycles. The lowest BCUT2D eigenvalue weighted by atomic mass is 10.2. The summed E-state index contributed by atoms with van der Waals surface area (Å²) in [4.78, 5) is 4.76. The third-order valence-corrected chi connectivity index (χ3v) is 2.91. The minimum atomic E-state index is 0.338. The van der Waals surface area contributed by atoms with Crippen LogP contribution in [0.2, 0.25) is 0 Å². The van der Waals surface area contributed by atoms with E-state index in [4.69, 9.17) is 5.11 Å². The monoisotopic (exact) mass is 156 g/mol. The Labute approximate surface area is 67.6 Å². The molecule has 0 aromatic rings. The molecule has 0 aliphatic carbocycles. The van der Waals surface area contributed by atoms with E-state index in [2.05, 4.69) is 16.8 Å². The Morgan fingerprint density at radius 3 is 3.00 bits per heavy atom. The molecule has 3 heteroatoms. The van der Waals surface area contributed by atoms with Crippen LogP contribution < -0.4 is 0 Å². The van der Waals surface area contributed by atoms with Crippen molar-refractivity contribution in [2.24, 2.45) is 0 Å². The van der Waals surface area contributed by atoms with Crippen molar-refractivity contribution in [3.05, 3.63) is 0 Å². The minimum Gasteiger partial charge on any atom is -0.395 e. The molecule has 2 fully saturated rings. The molecule has 0 saturated carbocycles. The second kappa shape index (κ2) is 2.73. The van der Waals surface area contributed by atoms with Gasteiger partial charge in [-0.15, -0.1) is 0 Å². The Hall–Kier alpha value is -0.120. The van der Waals surface area contributed by atoms with Crippen LogP contribution in [0.4, 0.5) is 0 Å². The van der Waals surface area contributed by atoms with Crippen molar-refractivity contribution in [2.45, 2.75) is 24.9 Å². The molecule has 2 aliphatic heterocycles. The highest BCUT2D eigenvalue weighted by molar-refractivity contribution is 4.92. The fourth-order valence-corrected chi connectivity index (χ4v) is 2.33. The first-order valence-electron chi connectivity index (χ1n) is 4.36. The summed E-state index contributed by atoms with van der Waals surface area (Å²) in [6.45, 7) is 2.58. The van der Waals surface area contributed by atoms with Crippen molar-refractivity contribution >= 4 is 0 Å². The largest absolute Gasteiger partial charge is 0.395 e. The van der Waals surface area contributed by atoms with Crippen LogP contribution in [0.3, 0.4) is 0 Å². The number of hydrogen-bond acceptors (Lipinski definition) is 3. The molecule has 0 aromatic heterocycles. The van der Waals surface area contributed by atoms with Crippen LogP contribution in [-0.2, 0) is 0 Å². The highest BCUT2D eigenvalue weighted by atomic mass is 16.3. The Morgan fingerprint density at radius 1 is 1.45 bits per heavy atom. The average Bonchev–Trinajstić information content (AvgIpc) is 2.45. The maximum atomic E-state index is 9.04. The molecule has 2 atom stereocenters. The summed E-state index contributed by atoms with van der Waals surface area (Å²) in [5.41, 5.74) is 0. The Balaban J connectivity index is 2.01. The van der Waals surface area contributed by atoms with Gasteiger partial charge < -0.3 is 5.11 Å². The van der Waals surface area contributed by atoms with Gasteiger partial charge in [-0.3, -0.25) is 9.80 Å². The molecule has 2 rings (SSSR count). The van der Waals surface area contributed by atoms with Gasteiger partial charge in [0.05, 0.1) is 13.3 Å². The van der Waals surface area contributed by atoms with Crippen LogP contribution in [0, 0.1) is 0 Å². The van der Waals surface area contributed by atoms with Gasteiger partial charge in [0.2, 0.25) is 0 Å². The molecular formula is C8H16N2O. The van der Waals surface area contributed by atoms with Gasteiger partial charge in [0.15, 0.2) is 0 Å². The van der Waals surface area contributed by atoms with Gasteiger partial charge in [-0.1, -0.05) is 0 Å². The van der Waals surface area contributed by atoms with Crippen molar-refractivity contribution < 1.29 is 5.11 Å². The summed E-state index contributed by atoms with van der Waals surface area (Å²) < 4.78 is 0. The zero-order valence-electron chi connectivity index (χ0n) is 7.03. The van der Waals surface area contributed by atoms with E-state index in [1.54, 1.807) is 0 Å². The number of likely N-dealkylation sites (N-methyl/N-ethyl adjacent to an activating group) is 1. The van der Waals surface area contributed by atoms with Gasteiger partial charge >= 0.3 is 0 Å². The first-order chi connectivity index (χ1) is 5.31. The van der Waals surface area contributed by atoms with Gasteiger partial charge in [-0.05, 0) is 19.9 Å². The number of fused-ring (bicyclic) bond motifs is 1. The summed E-state index contributed by atoms with van der Waals surface area (Å²) in [5.74, 6) is 0. The van der Waals surface area contributed by atoms with Crippen molar-refractivity contribution in [1.82, 2.24) is 9.80 Å². The van der Waals surface area contributed by atoms with Crippen LogP contribution in [0.15, 0.2) is 0 Å². The molecule has 2 unspecified atom stereocenters. The molecule has 11 heavy (non-hydrogen) atoms. The standard InChI is InChI=1S/C8H16N2O/c1-9-4-7-2-3-8(5-11)10(7)6-9/h7-8,11H,2-6H2,1H3. The van der Waals surface area contributed by atoms with Crippen LogP contribution >= 0.6 is 0 Å². The normalized spacial score (nSPS) is 39.8. The van der Waals surface area contributed by atoms with Gasteiger partial charge in [0, 0.05) is 18.6 Å². The summed E-state index contributed by atoms with van der Waals surface area (Å²) >= 11 is 0. The molecule has 0 spiro atoms. The minimum absolute atomic E-state index is 0.338. The summed E-state index contributed by atoms with van der Waals surface area (Å²) in [5, 5.41) is 9.04. The van der Waals surface area contributed by atoms with E-state index in [1.807, 2.05) is 0 Å². The van der Waals surface area contributed by atoms with E-state index in [-0.39, 0.29) is 0 Å². The van der Waals surface area contributed by atoms with Gasteiger partial charge in [0.1, 0.15) is 0 Å². The second-order valence-electron chi connectivity index (χ2n) is 3.76. The van der Waals surface area contributed by atoms with Crippen molar-refractivity contribution in [2.75, 3.05) is 26.9 Å². The molecule has 2 aliphatic rings. The molecule has 3 nitrogen and oxygen atoms in total. The predicted molar refractivity (Wildman–Crippen MR) is 43.2 cm³/mol. The van der Waals surface area contributed by atoms with Gasteiger partial charge in [-0.2, -0.15) is 0 Å². The van der Waals surface area contributed by atoms with Crippen LogP contribution in [0.25, 0.3) is 0 Å². The molecule has 0 bridgehead atoms. The smallest absolute Gasteiger partial charge is 0.0587 e. The predicted octanol–water partition coefficient (Wildman–Crippen LogP) is -0.285. The number of aliphatic hydroxyl groups is 1. The molecule has 0 radical (unpaired) electrons. The Bertz CT molecular complexity index is 149. The molecule has 2 saturated heterocycles. The second-order valence-corrected chi connectivity index (χ2v) is 3.76. The van der Waals surface area contributed by atoms with E-state index < -0.39 is 0 Å². The SMILES string of the molecule is CN1CC2CCC(CO)N2C1. The van der Waals surface area contributed by atoms with E-state index in [9.17, 15) is 0 Å². The number of rotatable bonds is 1. The van der Waals surface area contributed by atoms with Crippen molar-refractivity contribution in [1.29, 1.82) is 0 Å². The summed E-state index contributed by atoms with van der Waals surface area (Å²) in [6, 6.07) is 1.18.